The molecule has 3 aromatic heterocycles. The van der Waals surface area contributed by atoms with Gasteiger partial charge in [-0.1, -0.05) is 30.2 Å². The summed E-state index contributed by atoms with van der Waals surface area (Å²) in [6, 6.07) is 5.09. The second kappa shape index (κ2) is 12.7. The maximum atomic E-state index is 15.5. The molecule has 2 aliphatic rings. The Balaban J connectivity index is 1.38. The second-order valence-electron chi connectivity index (χ2n) is 11.0. The largest absolute Gasteiger partial charge is 0.374 e. The van der Waals surface area contributed by atoms with Gasteiger partial charge in [-0.15, -0.1) is 5.10 Å². The Hall–Kier alpha value is -4.57. The summed E-state index contributed by atoms with van der Waals surface area (Å²) in [5.74, 6) is -1.72. The molecule has 5 heterocycles. The summed E-state index contributed by atoms with van der Waals surface area (Å²) in [6.07, 6.45) is 2.31. The van der Waals surface area contributed by atoms with Gasteiger partial charge in [0.25, 0.3) is 12.3 Å². The SMILES string of the molecule is C[C@@H]1CCC[C@H](N2CNC(c3c(-n4cc(C(F)F)nn4)ccc(Cl)c3F)=CC2=O)c2cc(ccn2)-c2c(cnn2C(F)F)NC1O. The average Bonchev–Trinajstić information content (AvgIpc) is 3.69. The van der Waals surface area contributed by atoms with Crippen molar-refractivity contribution in [1.29, 1.82) is 0 Å². The van der Waals surface area contributed by atoms with Gasteiger partial charge >= 0.3 is 6.55 Å². The van der Waals surface area contributed by atoms with E-state index in [1.54, 1.807) is 6.07 Å². The molecule has 0 aliphatic carbocycles. The van der Waals surface area contributed by atoms with Gasteiger partial charge in [0.05, 0.1) is 64.1 Å². The fourth-order valence-electron chi connectivity index (χ4n) is 5.65. The molecule has 11 nitrogen and oxygen atoms in total. The van der Waals surface area contributed by atoms with Crippen LogP contribution in [0.15, 0.2) is 48.9 Å². The summed E-state index contributed by atoms with van der Waals surface area (Å²) in [6.45, 7) is -1.27. The van der Waals surface area contributed by atoms with Crippen molar-refractivity contribution in [1.82, 2.24) is 40.0 Å². The summed E-state index contributed by atoms with van der Waals surface area (Å²) < 4.78 is 71.3. The monoisotopic (exact) mass is 663 g/mol. The maximum Gasteiger partial charge on any atom is 0.333 e. The number of amides is 1. The zero-order chi connectivity index (χ0) is 32.7. The maximum absolute atomic E-state index is 15.5. The van der Waals surface area contributed by atoms with Crippen LogP contribution in [0.2, 0.25) is 5.02 Å². The van der Waals surface area contributed by atoms with Crippen LogP contribution in [0.1, 0.15) is 62.2 Å². The van der Waals surface area contributed by atoms with Gasteiger partial charge in [-0.05, 0) is 37.1 Å². The molecule has 0 saturated heterocycles. The molecule has 0 radical (unpaired) electrons. The predicted molar refractivity (Wildman–Crippen MR) is 156 cm³/mol. The number of hydrogen-bond donors (Lipinski definition) is 3. The average molecular weight is 664 g/mol. The minimum absolute atomic E-state index is 0.0225. The van der Waals surface area contributed by atoms with Crippen molar-refractivity contribution in [2.45, 2.75) is 51.4 Å². The van der Waals surface area contributed by atoms with Crippen LogP contribution in [0, 0.1) is 11.7 Å². The third kappa shape index (κ3) is 5.89. The molecule has 0 saturated carbocycles. The number of anilines is 1. The number of fused-ring (bicyclic) bond motifs is 4. The van der Waals surface area contributed by atoms with Crippen LogP contribution in [0.25, 0.3) is 22.6 Å². The molecular formula is C29H27ClF5N9O2. The van der Waals surface area contributed by atoms with Crippen molar-refractivity contribution in [3.8, 4) is 16.9 Å². The molecule has 1 unspecified atom stereocenters. The quantitative estimate of drug-likeness (QED) is 0.233. The number of hydrogen-bond acceptors (Lipinski definition) is 8. The molecule has 6 rings (SSSR count). The predicted octanol–water partition coefficient (Wildman–Crippen LogP) is 5.67. The van der Waals surface area contributed by atoms with E-state index >= 15 is 4.39 Å². The Bertz CT molecular complexity index is 1800. The second-order valence-corrected chi connectivity index (χ2v) is 11.4. The molecule has 17 heteroatoms. The van der Waals surface area contributed by atoms with Gasteiger partial charge in [0, 0.05) is 23.8 Å². The van der Waals surface area contributed by atoms with Crippen LogP contribution in [-0.4, -0.2) is 58.6 Å². The Morgan fingerprint density at radius 3 is 2.67 bits per heavy atom. The number of aliphatic hydroxyl groups excluding tert-OH is 1. The van der Waals surface area contributed by atoms with E-state index in [1.807, 2.05) is 6.92 Å². The minimum Gasteiger partial charge on any atom is -0.374 e. The van der Waals surface area contributed by atoms with Crippen LogP contribution in [0.4, 0.5) is 27.6 Å². The first kappa shape index (κ1) is 31.4. The summed E-state index contributed by atoms with van der Waals surface area (Å²) in [5, 5.41) is 27.4. The van der Waals surface area contributed by atoms with Gasteiger partial charge in [-0.3, -0.25) is 9.78 Å². The fraction of sp³-hybridized carbons (Fsp3) is 0.345. The molecule has 1 amide bonds. The number of nitrogens with zero attached hydrogens (tertiary/aromatic N) is 7. The Morgan fingerprint density at radius 1 is 1.15 bits per heavy atom. The first-order valence-electron chi connectivity index (χ1n) is 14.2. The summed E-state index contributed by atoms with van der Waals surface area (Å²) in [5.41, 5.74) is 0.281. The number of aromatic nitrogens is 6. The van der Waals surface area contributed by atoms with Crippen LogP contribution in [-0.2, 0) is 4.79 Å². The number of alkyl halides is 4. The van der Waals surface area contributed by atoms with Crippen LogP contribution in [0.3, 0.4) is 0 Å². The van der Waals surface area contributed by atoms with Gasteiger partial charge in [-0.25, -0.2) is 22.5 Å². The van der Waals surface area contributed by atoms with E-state index in [0.29, 0.717) is 35.2 Å². The molecule has 1 aromatic carbocycles. The molecule has 3 atom stereocenters. The normalized spacial score (nSPS) is 20.5. The van der Waals surface area contributed by atoms with Gasteiger partial charge in [-0.2, -0.15) is 13.9 Å². The number of rotatable bonds is 5. The summed E-state index contributed by atoms with van der Waals surface area (Å²) in [4.78, 5) is 19.7. The molecular weight excluding hydrogens is 637 g/mol. The Labute approximate surface area is 263 Å². The number of carbonyl (C=O) groups excluding carboxylic acids is 1. The highest BCUT2D eigenvalue weighted by Gasteiger charge is 2.32. The number of carbonyl (C=O) groups is 1. The van der Waals surface area contributed by atoms with Gasteiger partial charge < -0.3 is 20.6 Å². The molecule has 0 fully saturated rings. The number of nitrogens with one attached hydrogen (secondary N) is 2. The molecule has 4 aromatic rings. The van der Waals surface area contributed by atoms with E-state index in [9.17, 15) is 27.5 Å². The number of benzene rings is 1. The van der Waals surface area contributed by atoms with Crippen LogP contribution < -0.4 is 10.6 Å². The lowest BCUT2D eigenvalue weighted by molar-refractivity contribution is -0.129. The fourth-order valence-corrected chi connectivity index (χ4v) is 5.81. The lowest BCUT2D eigenvalue weighted by atomic mass is 9.95. The molecule has 46 heavy (non-hydrogen) atoms. The van der Waals surface area contributed by atoms with Crippen molar-refractivity contribution >= 4 is 28.9 Å². The molecule has 0 spiro atoms. The topological polar surface area (TPSA) is 126 Å². The van der Waals surface area contributed by atoms with Crippen molar-refractivity contribution in [3.63, 3.8) is 0 Å². The van der Waals surface area contributed by atoms with E-state index in [-0.39, 0.29) is 45.9 Å². The van der Waals surface area contributed by atoms with E-state index in [2.05, 4.69) is 31.0 Å². The zero-order valence-electron chi connectivity index (χ0n) is 24.1. The number of pyridine rings is 1. The Kier molecular flexibility index (Phi) is 8.65. The van der Waals surface area contributed by atoms with Crippen molar-refractivity contribution in [3.05, 3.63) is 76.7 Å². The minimum atomic E-state index is -2.96. The number of halogens is 6. The van der Waals surface area contributed by atoms with E-state index in [1.165, 1.54) is 35.5 Å². The third-order valence-corrected chi connectivity index (χ3v) is 8.34. The van der Waals surface area contributed by atoms with Crippen LogP contribution in [0.5, 0.6) is 0 Å². The number of aliphatic hydroxyl groups is 1. The molecule has 3 N–H and O–H groups in total. The molecule has 242 valence electrons. The van der Waals surface area contributed by atoms with Crippen LogP contribution >= 0.6 is 11.6 Å². The summed E-state index contributed by atoms with van der Waals surface area (Å²) >= 11 is 6.07. The van der Waals surface area contributed by atoms with Gasteiger partial charge in [0.1, 0.15) is 11.9 Å². The molecule has 2 aliphatic heterocycles. The lowest BCUT2D eigenvalue weighted by Crippen LogP contribution is -2.44. The van der Waals surface area contributed by atoms with E-state index in [0.717, 1.165) is 17.0 Å². The third-order valence-electron chi connectivity index (χ3n) is 8.05. The smallest absolute Gasteiger partial charge is 0.333 e. The first-order valence-corrected chi connectivity index (χ1v) is 14.6. The standard InChI is InChI=1S/C29H27ClF5N9O2/c1-14-3-2-4-21(17-9-15(7-8-36-17)26-19(39-28(14)46)11-38-44(26)29(34)35)42-13-37-18(10-23(42)45)24-22(6-5-16(30)25(24)31)43-12-20(27(32)33)40-41-43/h5-12,14,21,27-29,37,39,46H,2-4,13H2,1H3/t14-,21+,28?/m1/s1. The highest BCUT2D eigenvalue weighted by Crippen LogP contribution is 2.37. The van der Waals surface area contributed by atoms with Crippen molar-refractivity contribution in [2.24, 2.45) is 5.92 Å². The zero-order valence-corrected chi connectivity index (χ0v) is 24.8. The van der Waals surface area contributed by atoms with E-state index in [4.69, 9.17) is 11.6 Å². The highest BCUT2D eigenvalue weighted by molar-refractivity contribution is 6.31. The molecule has 2 bridgehead atoms. The van der Waals surface area contributed by atoms with Gasteiger partial charge in [0.2, 0.25) is 0 Å². The van der Waals surface area contributed by atoms with Crippen molar-refractivity contribution < 1.29 is 31.9 Å². The van der Waals surface area contributed by atoms with Gasteiger partial charge in [0.15, 0.2) is 5.82 Å². The first-order chi connectivity index (χ1) is 22.0. The summed E-state index contributed by atoms with van der Waals surface area (Å²) in [7, 11) is 0. The Morgan fingerprint density at radius 2 is 1.96 bits per heavy atom. The van der Waals surface area contributed by atoms with Crippen molar-refractivity contribution in [2.75, 3.05) is 12.0 Å². The van der Waals surface area contributed by atoms with E-state index < -0.39 is 42.7 Å². The lowest BCUT2D eigenvalue weighted by Gasteiger charge is -2.35. The highest BCUT2D eigenvalue weighted by atomic mass is 35.5.